The van der Waals surface area contributed by atoms with Crippen LogP contribution in [0.1, 0.15) is 50.0 Å². The summed E-state index contributed by atoms with van der Waals surface area (Å²) in [6, 6.07) is 14.3. The zero-order chi connectivity index (χ0) is 25.9. The second kappa shape index (κ2) is 11.9. The van der Waals surface area contributed by atoms with Crippen LogP contribution in [0.5, 0.6) is 0 Å². The summed E-state index contributed by atoms with van der Waals surface area (Å²) in [6.07, 6.45) is 7.96. The van der Waals surface area contributed by atoms with Crippen molar-refractivity contribution in [3.8, 4) is 0 Å². The van der Waals surface area contributed by atoms with Gasteiger partial charge in [0, 0.05) is 49.1 Å². The lowest BCUT2D eigenvalue weighted by molar-refractivity contribution is -0.122. The first kappa shape index (κ1) is 26.7. The summed E-state index contributed by atoms with van der Waals surface area (Å²) in [5, 5.41) is 7.95. The van der Waals surface area contributed by atoms with Crippen LogP contribution in [0.2, 0.25) is 0 Å². The highest BCUT2D eigenvalue weighted by Gasteiger charge is 2.34. The molecule has 1 atom stereocenters. The Morgan fingerprint density at radius 2 is 1.70 bits per heavy atom. The van der Waals surface area contributed by atoms with Crippen molar-refractivity contribution in [2.24, 2.45) is 11.7 Å². The van der Waals surface area contributed by atoms with E-state index in [9.17, 15) is 9.59 Å². The normalized spacial score (nSPS) is 21.6. The van der Waals surface area contributed by atoms with E-state index in [4.69, 9.17) is 5.73 Å². The Hall–Kier alpha value is -1.86. The lowest BCUT2D eigenvalue weighted by atomic mass is 9.80. The van der Waals surface area contributed by atoms with E-state index >= 15 is 0 Å². The van der Waals surface area contributed by atoms with E-state index in [0.717, 1.165) is 51.4 Å². The van der Waals surface area contributed by atoms with Crippen molar-refractivity contribution >= 4 is 73.7 Å². The van der Waals surface area contributed by atoms with Crippen LogP contribution in [0.3, 0.4) is 0 Å². The van der Waals surface area contributed by atoms with E-state index in [1.54, 1.807) is 0 Å². The highest BCUT2D eigenvalue weighted by molar-refractivity contribution is 14.1. The van der Waals surface area contributed by atoms with Gasteiger partial charge in [-0.05, 0) is 125 Å². The maximum Gasteiger partial charge on any atom is 0.321 e. The molecule has 0 bridgehead atoms. The molecule has 5 N–H and O–H groups in total. The molecule has 1 saturated carbocycles. The molecule has 9 heteroatoms. The van der Waals surface area contributed by atoms with Crippen molar-refractivity contribution in [3.63, 3.8) is 0 Å². The second-order valence-corrected chi connectivity index (χ2v) is 12.6. The minimum Gasteiger partial charge on any atom is -0.368 e. The fourth-order valence-electron chi connectivity index (χ4n) is 5.92. The number of fused-ring (bicyclic) bond motifs is 1. The number of benzene rings is 2. The van der Waals surface area contributed by atoms with Crippen molar-refractivity contribution in [1.82, 2.24) is 15.2 Å². The highest BCUT2D eigenvalue weighted by Crippen LogP contribution is 2.37. The molecular weight excluding hydrogens is 692 g/mol. The van der Waals surface area contributed by atoms with E-state index in [1.165, 1.54) is 16.5 Å². The van der Waals surface area contributed by atoms with Gasteiger partial charge in [0.15, 0.2) is 0 Å². The molecule has 2 heterocycles. The predicted octanol–water partition coefficient (Wildman–Crippen LogP) is 5.79. The zero-order valence-corrected chi connectivity index (χ0v) is 25.0. The molecule has 1 aromatic heterocycles. The fourth-order valence-corrected chi connectivity index (χ4v) is 6.77. The van der Waals surface area contributed by atoms with Crippen LogP contribution < -0.4 is 16.4 Å². The summed E-state index contributed by atoms with van der Waals surface area (Å²) in [5.74, 6) is 0.404. The first-order chi connectivity index (χ1) is 17.9. The summed E-state index contributed by atoms with van der Waals surface area (Å²) >= 11 is 4.55. The zero-order valence-electron chi connectivity index (χ0n) is 20.7. The molecule has 5 rings (SSSR count). The molecule has 2 fully saturated rings. The molecule has 2 aliphatic rings. The van der Waals surface area contributed by atoms with E-state index in [1.807, 2.05) is 23.1 Å². The number of nitrogens with zero attached hydrogens (tertiary/aromatic N) is 1. The molecule has 196 valence electrons. The van der Waals surface area contributed by atoms with E-state index in [0.29, 0.717) is 25.0 Å². The van der Waals surface area contributed by atoms with Crippen LogP contribution in [0.15, 0.2) is 48.7 Å². The number of nitrogens with two attached hydrogens (primary N) is 1. The Balaban J connectivity index is 1.12. The van der Waals surface area contributed by atoms with Gasteiger partial charge in [-0.3, -0.25) is 4.79 Å². The average Bonchev–Trinajstić information content (AvgIpc) is 3.34. The van der Waals surface area contributed by atoms with Crippen LogP contribution in [0, 0.1) is 13.1 Å². The number of carbonyl (C=O) groups is 2. The van der Waals surface area contributed by atoms with Gasteiger partial charge in [-0.2, -0.15) is 0 Å². The van der Waals surface area contributed by atoms with Gasteiger partial charge < -0.3 is 26.3 Å². The monoisotopic (exact) mass is 725 g/mol. The molecule has 1 aliphatic carbocycles. The fraction of sp³-hybridized carbons (Fsp3) is 0.429. The number of aromatic nitrogens is 1. The number of nitrogens with one attached hydrogen (secondary N) is 3. The summed E-state index contributed by atoms with van der Waals surface area (Å²) in [4.78, 5) is 30.5. The third-order valence-corrected chi connectivity index (χ3v) is 10.8. The quantitative estimate of drug-likeness (QED) is 0.242. The molecule has 1 unspecified atom stereocenters. The predicted molar refractivity (Wildman–Crippen MR) is 165 cm³/mol. The number of para-hydroxylation sites is 1. The molecule has 2 aromatic carbocycles. The van der Waals surface area contributed by atoms with Gasteiger partial charge in [-0.25, -0.2) is 4.79 Å². The lowest BCUT2D eigenvalue weighted by Crippen LogP contribution is -2.54. The van der Waals surface area contributed by atoms with Crippen molar-refractivity contribution in [2.75, 3.05) is 18.4 Å². The molecule has 0 radical (unpaired) electrons. The van der Waals surface area contributed by atoms with Crippen molar-refractivity contribution in [3.05, 3.63) is 61.4 Å². The third-order valence-electron chi connectivity index (χ3n) is 7.98. The van der Waals surface area contributed by atoms with E-state index in [-0.39, 0.29) is 23.9 Å². The third kappa shape index (κ3) is 6.25. The number of H-pyrrole nitrogens is 1. The molecule has 0 spiro atoms. The topological polar surface area (TPSA) is 103 Å². The van der Waals surface area contributed by atoms with Gasteiger partial charge in [0.1, 0.15) is 0 Å². The summed E-state index contributed by atoms with van der Waals surface area (Å²) in [5.41, 5.74) is 9.28. The van der Waals surface area contributed by atoms with Crippen molar-refractivity contribution in [1.29, 1.82) is 0 Å². The molecule has 1 aliphatic heterocycles. The summed E-state index contributed by atoms with van der Waals surface area (Å²) in [6.45, 7) is 1.24. The SMILES string of the molecule is NC(=O)C(NC1CCC(c2c[nH]c3ccccc23)CC1)C1CCN(C(=O)Nc2ccc(I)c(I)c2)CC1. The number of rotatable bonds is 6. The molecule has 7 nitrogen and oxygen atoms in total. The van der Waals surface area contributed by atoms with Crippen LogP contribution >= 0.6 is 45.2 Å². The number of hydrogen-bond acceptors (Lipinski definition) is 3. The number of aromatic amines is 1. The number of amides is 3. The van der Waals surface area contributed by atoms with Crippen LogP contribution in [0.4, 0.5) is 10.5 Å². The largest absolute Gasteiger partial charge is 0.368 e. The Labute approximate surface area is 245 Å². The molecular formula is C28H33I2N5O2. The van der Waals surface area contributed by atoms with Crippen molar-refractivity contribution in [2.45, 2.75) is 56.5 Å². The maximum absolute atomic E-state index is 12.8. The number of halogens is 2. The lowest BCUT2D eigenvalue weighted by Gasteiger charge is -2.38. The number of carbonyl (C=O) groups excluding carboxylic acids is 2. The van der Waals surface area contributed by atoms with Gasteiger partial charge in [0.2, 0.25) is 5.91 Å². The standard InChI is InChI=1S/C28H33I2N5O2/c29-23-10-9-20(15-24(23)30)34-28(37)35-13-11-18(12-14-35)26(27(31)36)33-19-7-5-17(6-8-19)22-16-32-25-4-2-1-3-21(22)25/h1-4,9-10,15-19,26,32-33H,5-8,11-14H2,(H2,31,36)(H,34,37). The van der Waals surface area contributed by atoms with E-state index in [2.05, 4.69) is 91.3 Å². The molecule has 1 saturated heterocycles. The van der Waals surface area contributed by atoms with Gasteiger partial charge in [0.05, 0.1) is 6.04 Å². The summed E-state index contributed by atoms with van der Waals surface area (Å²) < 4.78 is 2.27. The highest BCUT2D eigenvalue weighted by atomic mass is 127. The maximum atomic E-state index is 12.8. The van der Waals surface area contributed by atoms with Gasteiger partial charge in [-0.1, -0.05) is 18.2 Å². The Kier molecular flexibility index (Phi) is 8.60. The van der Waals surface area contributed by atoms with Gasteiger partial charge in [-0.15, -0.1) is 0 Å². The molecule has 3 aromatic rings. The number of anilines is 1. The van der Waals surface area contributed by atoms with Crippen molar-refractivity contribution < 1.29 is 9.59 Å². The Morgan fingerprint density at radius 1 is 0.973 bits per heavy atom. The van der Waals surface area contributed by atoms with Crippen LogP contribution in [0.25, 0.3) is 10.9 Å². The number of likely N-dealkylation sites (tertiary alicyclic amines) is 1. The first-order valence-electron chi connectivity index (χ1n) is 13.0. The number of hydrogen-bond donors (Lipinski definition) is 4. The minimum absolute atomic E-state index is 0.0883. The second-order valence-electron chi connectivity index (χ2n) is 10.3. The van der Waals surface area contributed by atoms with Gasteiger partial charge in [0.25, 0.3) is 0 Å². The number of urea groups is 1. The smallest absolute Gasteiger partial charge is 0.321 e. The van der Waals surface area contributed by atoms with E-state index < -0.39 is 0 Å². The Bertz CT molecular complexity index is 1260. The first-order valence-corrected chi connectivity index (χ1v) is 15.2. The van der Waals surface area contributed by atoms with Gasteiger partial charge >= 0.3 is 6.03 Å². The van der Waals surface area contributed by atoms with Crippen LogP contribution in [-0.2, 0) is 4.79 Å². The number of primary amides is 1. The van der Waals surface area contributed by atoms with Crippen LogP contribution in [-0.4, -0.2) is 47.0 Å². The number of piperidine rings is 1. The molecule has 3 amide bonds. The average molecular weight is 725 g/mol. The molecule has 37 heavy (non-hydrogen) atoms. The Morgan fingerprint density at radius 3 is 2.41 bits per heavy atom. The summed E-state index contributed by atoms with van der Waals surface area (Å²) in [7, 11) is 0. The minimum atomic E-state index is -0.349.